The van der Waals surface area contributed by atoms with Gasteiger partial charge in [-0.3, -0.25) is 9.20 Å². The van der Waals surface area contributed by atoms with Crippen LogP contribution in [0.15, 0.2) is 35.8 Å². The van der Waals surface area contributed by atoms with Crippen LogP contribution in [0.1, 0.15) is 39.5 Å². The maximum absolute atomic E-state index is 13.5. The molecule has 6 rings (SSSR count). The number of piperidine rings is 1. The van der Waals surface area contributed by atoms with Gasteiger partial charge in [0.25, 0.3) is 5.91 Å². The Bertz CT molecular complexity index is 1430. The molecule has 2 fully saturated rings. The van der Waals surface area contributed by atoms with Crippen LogP contribution in [-0.2, 0) is 0 Å². The first-order valence-electron chi connectivity index (χ1n) is 11.0. The topological polar surface area (TPSA) is 140 Å². The molecule has 2 aliphatic rings. The number of carboxylic acid groups (broad SMARTS) is 1. The van der Waals surface area contributed by atoms with Gasteiger partial charge < -0.3 is 21.5 Å². The van der Waals surface area contributed by atoms with Crippen LogP contribution in [0.5, 0.6) is 0 Å². The average Bonchev–Trinajstić information content (AvgIpc) is 3.17. The van der Waals surface area contributed by atoms with Crippen molar-refractivity contribution in [2.45, 2.75) is 31.8 Å². The van der Waals surface area contributed by atoms with E-state index in [9.17, 15) is 14.0 Å². The van der Waals surface area contributed by atoms with Gasteiger partial charge in [-0.1, -0.05) is 23.5 Å². The zero-order valence-electron chi connectivity index (χ0n) is 18.7. The molecule has 1 saturated heterocycles. The average molecular weight is 515 g/mol. The first kappa shape index (κ1) is 23.4. The van der Waals surface area contributed by atoms with Crippen molar-refractivity contribution in [2.24, 2.45) is 11.7 Å². The van der Waals surface area contributed by atoms with E-state index >= 15 is 0 Å². The van der Waals surface area contributed by atoms with Crippen molar-refractivity contribution < 1.29 is 19.1 Å². The monoisotopic (exact) mass is 514 g/mol. The summed E-state index contributed by atoms with van der Waals surface area (Å²) in [4.78, 5) is 35.3. The number of benzene rings is 1. The van der Waals surface area contributed by atoms with Crippen molar-refractivity contribution in [3.63, 3.8) is 0 Å². The number of imidazole rings is 1. The Balaban J connectivity index is 0.000000178. The lowest BCUT2D eigenvalue weighted by molar-refractivity contribution is 0.0683. The Morgan fingerprint density at radius 2 is 2.09 bits per heavy atom. The van der Waals surface area contributed by atoms with Crippen molar-refractivity contribution in [1.29, 1.82) is 0 Å². The number of hydrogen-bond donors (Lipinski definition) is 3. The summed E-state index contributed by atoms with van der Waals surface area (Å²) < 4.78 is 15.1. The molecule has 0 bridgehead atoms. The molecule has 1 aliphatic carbocycles. The number of carbonyl (C=O) groups excluding carboxylic acids is 1. The fourth-order valence-corrected chi connectivity index (χ4v) is 6.25. The zero-order valence-corrected chi connectivity index (χ0v) is 20.4. The van der Waals surface area contributed by atoms with E-state index in [1.807, 2.05) is 10.3 Å². The Morgan fingerprint density at radius 1 is 1.29 bits per heavy atom. The third kappa shape index (κ3) is 4.28. The highest BCUT2D eigenvalue weighted by atomic mass is 32.1. The van der Waals surface area contributed by atoms with E-state index < -0.39 is 5.97 Å². The number of amides is 1. The maximum Gasteiger partial charge on any atom is 0.354 e. The number of fused-ring (bicyclic) bond motifs is 2. The fourth-order valence-electron chi connectivity index (χ4n) is 4.67. The lowest BCUT2D eigenvalue weighted by Gasteiger charge is -2.26. The third-order valence-electron chi connectivity index (χ3n) is 6.29. The van der Waals surface area contributed by atoms with Crippen molar-refractivity contribution >= 4 is 44.6 Å². The molecule has 0 spiro atoms. The van der Waals surface area contributed by atoms with Crippen LogP contribution < -0.4 is 11.5 Å². The first-order chi connectivity index (χ1) is 16.8. The number of aromatic carboxylic acids is 1. The minimum absolute atomic E-state index is 0.0644. The molecule has 12 heteroatoms. The van der Waals surface area contributed by atoms with Crippen molar-refractivity contribution in [3.05, 3.63) is 58.7 Å². The Kier molecular flexibility index (Phi) is 6.03. The van der Waals surface area contributed by atoms with Gasteiger partial charge in [0.05, 0.1) is 10.6 Å². The second kappa shape index (κ2) is 9.02. The number of anilines is 1. The number of thiazole rings is 2. The Morgan fingerprint density at radius 3 is 2.80 bits per heavy atom. The van der Waals surface area contributed by atoms with Crippen LogP contribution in [0.4, 0.5) is 9.52 Å². The minimum atomic E-state index is -0.932. The van der Waals surface area contributed by atoms with E-state index in [0.717, 1.165) is 17.8 Å². The van der Waals surface area contributed by atoms with Gasteiger partial charge in [-0.2, -0.15) is 0 Å². The molecule has 3 aromatic heterocycles. The maximum atomic E-state index is 13.5. The van der Waals surface area contributed by atoms with Gasteiger partial charge in [0, 0.05) is 30.2 Å². The Hall–Kier alpha value is -3.35. The zero-order chi connectivity index (χ0) is 24.9. The number of hydrogen-bond acceptors (Lipinski definition) is 8. The van der Waals surface area contributed by atoms with Crippen LogP contribution in [0.2, 0.25) is 0 Å². The summed E-state index contributed by atoms with van der Waals surface area (Å²) in [6.45, 7) is 2.15. The van der Waals surface area contributed by atoms with Crippen LogP contribution >= 0.6 is 22.7 Å². The molecular formula is C23H23FN6O3S2. The van der Waals surface area contributed by atoms with Gasteiger partial charge in [0.15, 0.2) is 15.8 Å². The molecule has 4 heterocycles. The highest BCUT2D eigenvalue weighted by Crippen LogP contribution is 2.48. The molecule has 1 amide bonds. The molecule has 1 aromatic carbocycles. The van der Waals surface area contributed by atoms with Gasteiger partial charge in [-0.05, 0) is 43.4 Å². The number of halogens is 1. The molecule has 35 heavy (non-hydrogen) atoms. The minimum Gasteiger partial charge on any atom is -0.477 e. The number of carbonyl (C=O) groups is 2. The number of nitrogens with zero attached hydrogens (tertiary/aromatic N) is 4. The highest BCUT2D eigenvalue weighted by Gasteiger charge is 2.54. The van der Waals surface area contributed by atoms with Crippen LogP contribution in [0.25, 0.3) is 15.4 Å². The summed E-state index contributed by atoms with van der Waals surface area (Å²) in [5.41, 5.74) is 13.4. The predicted octanol–water partition coefficient (Wildman–Crippen LogP) is 3.50. The van der Waals surface area contributed by atoms with Gasteiger partial charge >= 0.3 is 5.97 Å². The first-order valence-corrected chi connectivity index (χ1v) is 12.7. The van der Waals surface area contributed by atoms with Gasteiger partial charge in [0.2, 0.25) is 0 Å². The smallest absolute Gasteiger partial charge is 0.354 e. The summed E-state index contributed by atoms with van der Waals surface area (Å²) in [6.07, 6.45) is 3.71. The molecule has 0 unspecified atom stereocenters. The lowest BCUT2D eigenvalue weighted by atomic mass is 10.1. The number of nitrogen functional groups attached to an aromatic ring is 1. The van der Waals surface area contributed by atoms with E-state index in [1.165, 1.54) is 34.8 Å². The summed E-state index contributed by atoms with van der Waals surface area (Å²) in [6, 6.07) is 6.48. The van der Waals surface area contributed by atoms with Gasteiger partial charge in [-0.15, -0.1) is 11.3 Å². The number of aromatic nitrogens is 3. The number of likely N-dealkylation sites (tertiary alicyclic amines) is 1. The summed E-state index contributed by atoms with van der Waals surface area (Å²) >= 11 is 2.64. The molecule has 182 valence electrons. The second-order valence-corrected chi connectivity index (χ2v) is 10.5. The fraction of sp³-hybridized carbons (Fsp3) is 0.304. The molecule has 1 saturated carbocycles. The Labute approximate surface area is 207 Å². The normalized spacial score (nSPS) is 20.4. The number of carboxylic acids is 1. The van der Waals surface area contributed by atoms with Crippen LogP contribution in [-0.4, -0.2) is 54.9 Å². The van der Waals surface area contributed by atoms with E-state index in [2.05, 4.69) is 9.97 Å². The second-order valence-electron chi connectivity index (χ2n) is 8.55. The quantitative estimate of drug-likeness (QED) is 0.379. The molecule has 1 aliphatic heterocycles. The van der Waals surface area contributed by atoms with Gasteiger partial charge in [-0.25, -0.2) is 19.2 Å². The molecule has 3 atom stereocenters. The SMILES string of the molecule is Cc1nc2sccn2c1C(=O)O.NC[C@@H]1C[C@@H]2C[C@@H]2N1C(=O)c1nc(N)sc1-c1cccc(F)c1. The van der Waals surface area contributed by atoms with Crippen molar-refractivity contribution in [2.75, 3.05) is 12.3 Å². The van der Waals surface area contributed by atoms with Crippen LogP contribution in [0, 0.1) is 18.7 Å². The standard InChI is InChI=1S/C16H17FN4OS.C7H6N2O2S/c17-10-3-1-2-8(4-10)14-13(20-16(19)23-14)15(22)21-11(7-18)5-9-6-12(9)21;1-4-5(6(10)11)9-2-3-12-7(9)8-4/h1-4,9,11-12H,5-7,18H2,(H2,19,20);2-3H,1H3,(H,10,11)/t9-,11+,12+;/m1./s1. The van der Waals surface area contributed by atoms with Crippen LogP contribution in [0.3, 0.4) is 0 Å². The summed E-state index contributed by atoms with van der Waals surface area (Å²) in [5, 5.41) is 10.9. The van der Waals surface area contributed by atoms with E-state index in [0.29, 0.717) is 39.4 Å². The predicted molar refractivity (Wildman–Crippen MR) is 132 cm³/mol. The third-order valence-corrected chi connectivity index (χ3v) is 7.98. The number of aryl methyl sites for hydroxylation is 1. The van der Waals surface area contributed by atoms with E-state index in [-0.39, 0.29) is 29.5 Å². The summed E-state index contributed by atoms with van der Waals surface area (Å²) in [5.74, 6) is -0.853. The molecule has 9 nitrogen and oxygen atoms in total. The molecular weight excluding hydrogens is 491 g/mol. The summed E-state index contributed by atoms with van der Waals surface area (Å²) in [7, 11) is 0. The molecule has 5 N–H and O–H groups in total. The van der Waals surface area contributed by atoms with Gasteiger partial charge in [0.1, 0.15) is 11.5 Å². The van der Waals surface area contributed by atoms with E-state index in [1.54, 1.807) is 29.7 Å². The van der Waals surface area contributed by atoms with Crippen molar-refractivity contribution in [1.82, 2.24) is 19.3 Å². The van der Waals surface area contributed by atoms with E-state index in [4.69, 9.17) is 16.6 Å². The molecule has 4 aromatic rings. The largest absolute Gasteiger partial charge is 0.477 e. The lowest BCUT2D eigenvalue weighted by Crippen LogP contribution is -2.42. The number of rotatable bonds is 4. The van der Waals surface area contributed by atoms with Crippen molar-refractivity contribution in [3.8, 4) is 10.4 Å². The molecule has 0 radical (unpaired) electrons. The number of nitrogens with two attached hydrogens (primary N) is 2. The highest BCUT2D eigenvalue weighted by molar-refractivity contribution is 7.19.